The summed E-state index contributed by atoms with van der Waals surface area (Å²) in [6, 6.07) is 9.59. The number of aliphatic hydroxyl groups excluding tert-OH is 1. The molecular weight excluding hydrogens is 394 g/mol. The molecule has 0 atom stereocenters. The molecule has 8 nitrogen and oxygen atoms in total. The third-order valence-corrected chi connectivity index (χ3v) is 8.10. The lowest BCUT2D eigenvalue weighted by Gasteiger charge is -2.17. The average Bonchev–Trinajstić information content (AvgIpc) is 3.20. The molecule has 0 unspecified atom stereocenters. The van der Waals surface area contributed by atoms with Gasteiger partial charge >= 0.3 is 0 Å². The van der Waals surface area contributed by atoms with Crippen LogP contribution in [0.5, 0.6) is 0 Å². The first-order valence-electron chi connectivity index (χ1n) is 8.87. The summed E-state index contributed by atoms with van der Waals surface area (Å²) in [5.41, 5.74) is 2.53. The molecule has 0 saturated carbocycles. The van der Waals surface area contributed by atoms with Crippen LogP contribution in [-0.4, -0.2) is 53.0 Å². The molecule has 0 amide bonds. The second kappa shape index (κ2) is 7.90. The monoisotopic (exact) mass is 417 g/mol. The van der Waals surface area contributed by atoms with E-state index in [1.807, 2.05) is 12.1 Å². The highest BCUT2D eigenvalue weighted by Crippen LogP contribution is 2.35. The molecule has 2 heterocycles. The molecule has 0 spiro atoms. The number of benzene rings is 1. The molecule has 0 saturated heterocycles. The van der Waals surface area contributed by atoms with Gasteiger partial charge in [-0.3, -0.25) is 0 Å². The first kappa shape index (κ1) is 20.3. The summed E-state index contributed by atoms with van der Waals surface area (Å²) >= 11 is 0. The Morgan fingerprint density at radius 2 is 1.82 bits per heavy atom. The van der Waals surface area contributed by atoms with Gasteiger partial charge in [0.2, 0.25) is 5.82 Å². The minimum Gasteiger partial charge on any atom is -0.392 e. The number of pyridine rings is 1. The Bertz CT molecular complexity index is 1050. The zero-order valence-corrected chi connectivity index (χ0v) is 17.9. The van der Waals surface area contributed by atoms with Gasteiger partial charge in [-0.25, -0.2) is 13.4 Å². The zero-order chi connectivity index (χ0) is 20.4. The highest BCUT2D eigenvalue weighted by atomic mass is 32.2. The molecule has 28 heavy (non-hydrogen) atoms. The molecule has 0 radical (unpaired) electrons. The van der Waals surface area contributed by atoms with Crippen LogP contribution in [0.4, 0.5) is 0 Å². The molecule has 2 N–H and O–H groups in total. The van der Waals surface area contributed by atoms with Gasteiger partial charge in [0.05, 0.1) is 17.9 Å². The van der Waals surface area contributed by atoms with Crippen LogP contribution in [0.2, 0.25) is 25.7 Å². The molecule has 0 aliphatic rings. The molecule has 148 valence electrons. The maximum absolute atomic E-state index is 13.1. The van der Waals surface area contributed by atoms with Gasteiger partial charge in [-0.1, -0.05) is 43.9 Å². The minimum absolute atomic E-state index is 0.0316. The summed E-state index contributed by atoms with van der Waals surface area (Å²) in [5.74, 6) is 0.217. The number of nitrogens with zero attached hydrogens (tertiary/aromatic N) is 4. The number of aliphatic hydroxyl groups is 1. The number of aromatic nitrogens is 5. The molecule has 0 aliphatic carbocycles. The first-order chi connectivity index (χ1) is 13.2. The van der Waals surface area contributed by atoms with E-state index < -0.39 is 17.9 Å². The van der Waals surface area contributed by atoms with Gasteiger partial charge in [0.25, 0.3) is 0 Å². The molecule has 3 aromatic rings. The van der Waals surface area contributed by atoms with Crippen molar-refractivity contribution in [2.45, 2.75) is 37.3 Å². The predicted molar refractivity (Wildman–Crippen MR) is 109 cm³/mol. The van der Waals surface area contributed by atoms with Crippen molar-refractivity contribution in [3.05, 3.63) is 42.1 Å². The molecule has 3 rings (SSSR count). The Balaban J connectivity index is 2.16. The van der Waals surface area contributed by atoms with Gasteiger partial charge < -0.3 is 5.11 Å². The van der Waals surface area contributed by atoms with Crippen LogP contribution in [0.15, 0.2) is 41.6 Å². The molecular formula is C18H23N5O3SSi. The van der Waals surface area contributed by atoms with E-state index in [1.54, 1.807) is 18.2 Å². The van der Waals surface area contributed by atoms with Crippen LogP contribution in [-0.2, 0) is 16.4 Å². The second-order valence-electron chi connectivity index (χ2n) is 7.76. The number of tetrazole rings is 1. The van der Waals surface area contributed by atoms with E-state index >= 15 is 0 Å². The van der Waals surface area contributed by atoms with Crippen molar-refractivity contribution in [3.63, 3.8) is 0 Å². The van der Waals surface area contributed by atoms with Crippen LogP contribution in [0.3, 0.4) is 0 Å². The van der Waals surface area contributed by atoms with Crippen molar-refractivity contribution < 1.29 is 13.5 Å². The topological polar surface area (TPSA) is 122 Å². The van der Waals surface area contributed by atoms with E-state index in [2.05, 4.69) is 45.2 Å². The summed E-state index contributed by atoms with van der Waals surface area (Å²) in [7, 11) is -5.18. The third-order valence-electron chi connectivity index (χ3n) is 4.35. The molecule has 0 fully saturated rings. The highest BCUT2D eigenvalue weighted by molar-refractivity contribution is 7.91. The van der Waals surface area contributed by atoms with E-state index in [0.717, 1.165) is 11.1 Å². The second-order valence-corrected chi connectivity index (χ2v) is 15.4. The third kappa shape index (κ3) is 4.51. The molecule has 0 bridgehead atoms. The normalized spacial score (nSPS) is 12.3. The number of hydrogen-bond acceptors (Lipinski definition) is 7. The number of H-pyrrole nitrogens is 1. The summed E-state index contributed by atoms with van der Waals surface area (Å²) in [6.45, 7) is 6.34. The Kier molecular flexibility index (Phi) is 5.73. The Hall–Kier alpha value is -2.43. The number of rotatable bonds is 7. The number of nitrogens with one attached hydrogen (secondary N) is 1. The number of sulfone groups is 1. The lowest BCUT2D eigenvalue weighted by atomic mass is 10.0. The van der Waals surface area contributed by atoms with E-state index in [1.165, 1.54) is 6.20 Å². The predicted octanol–water partition coefficient (Wildman–Crippen LogP) is 2.53. The molecule has 2 aromatic heterocycles. The van der Waals surface area contributed by atoms with Crippen molar-refractivity contribution in [2.24, 2.45) is 0 Å². The van der Waals surface area contributed by atoms with E-state index in [4.69, 9.17) is 0 Å². The van der Waals surface area contributed by atoms with Crippen molar-refractivity contribution in [1.29, 1.82) is 0 Å². The molecule has 0 aliphatic heterocycles. The quantitative estimate of drug-likeness (QED) is 0.566. The van der Waals surface area contributed by atoms with Crippen molar-refractivity contribution in [1.82, 2.24) is 25.6 Å². The van der Waals surface area contributed by atoms with E-state index in [0.29, 0.717) is 17.2 Å². The van der Waals surface area contributed by atoms with Gasteiger partial charge in [0, 0.05) is 14.3 Å². The molecule has 1 aromatic carbocycles. The summed E-state index contributed by atoms with van der Waals surface area (Å²) in [4.78, 5) is 4.19. The van der Waals surface area contributed by atoms with Gasteiger partial charge in [0.1, 0.15) is 0 Å². The smallest absolute Gasteiger partial charge is 0.208 e. The highest BCUT2D eigenvalue weighted by Gasteiger charge is 2.28. The largest absolute Gasteiger partial charge is 0.392 e. The Morgan fingerprint density at radius 3 is 2.39 bits per heavy atom. The number of hydrogen-bond donors (Lipinski definition) is 2. The maximum Gasteiger partial charge on any atom is 0.208 e. The average molecular weight is 418 g/mol. The minimum atomic E-state index is -3.63. The standard InChI is InChI=1S/C18H23N5O3SSi/c1-28(2,3)11-10-27(25,26)18-16(17-20-22-23-21-17)15(8-9-19-18)14-6-4-13(12-24)5-7-14/h4-9,24H,10-12H2,1-3H3,(H,20,21,22,23). The number of aromatic amines is 1. The van der Waals surface area contributed by atoms with Crippen LogP contribution in [0.25, 0.3) is 22.5 Å². The Morgan fingerprint density at radius 1 is 1.11 bits per heavy atom. The summed E-state index contributed by atoms with van der Waals surface area (Å²) < 4.78 is 26.2. The van der Waals surface area contributed by atoms with Crippen LogP contribution < -0.4 is 0 Å². The van der Waals surface area contributed by atoms with Crippen molar-refractivity contribution >= 4 is 17.9 Å². The SMILES string of the molecule is C[Si](C)(C)CCS(=O)(=O)c1nccc(-c2ccc(CO)cc2)c1-c1nn[nH]n1. The van der Waals surface area contributed by atoms with Crippen molar-refractivity contribution in [3.8, 4) is 22.5 Å². The lowest BCUT2D eigenvalue weighted by Crippen LogP contribution is -2.24. The fraction of sp³-hybridized carbons (Fsp3) is 0.333. The fourth-order valence-electron chi connectivity index (χ4n) is 2.73. The maximum atomic E-state index is 13.1. The summed E-state index contributed by atoms with van der Waals surface area (Å²) in [5, 5.41) is 23.2. The van der Waals surface area contributed by atoms with Gasteiger partial charge in [-0.2, -0.15) is 5.21 Å². The molecule has 10 heteroatoms. The lowest BCUT2D eigenvalue weighted by molar-refractivity contribution is 0.282. The van der Waals surface area contributed by atoms with Gasteiger partial charge in [0.15, 0.2) is 14.9 Å². The first-order valence-corrected chi connectivity index (χ1v) is 14.2. The Labute approximate surface area is 165 Å². The van der Waals surface area contributed by atoms with Gasteiger partial charge in [-0.05, 0) is 34.0 Å². The summed E-state index contributed by atoms with van der Waals surface area (Å²) in [6.07, 6.45) is 1.49. The zero-order valence-electron chi connectivity index (χ0n) is 16.0. The van der Waals surface area contributed by atoms with Crippen molar-refractivity contribution in [2.75, 3.05) is 5.75 Å². The van der Waals surface area contributed by atoms with E-state index in [-0.39, 0.29) is 23.2 Å². The van der Waals surface area contributed by atoms with Crippen LogP contribution >= 0.6 is 0 Å². The van der Waals surface area contributed by atoms with Crippen LogP contribution in [0, 0.1) is 0 Å². The van der Waals surface area contributed by atoms with Crippen LogP contribution in [0.1, 0.15) is 5.56 Å². The fourth-order valence-corrected chi connectivity index (χ4v) is 7.18. The van der Waals surface area contributed by atoms with Gasteiger partial charge in [-0.15, -0.1) is 10.2 Å². The van der Waals surface area contributed by atoms with E-state index in [9.17, 15) is 13.5 Å².